The molecule has 0 aromatic rings. The van der Waals surface area contributed by atoms with Crippen LogP contribution in [0.15, 0.2) is 57.9 Å². The number of ether oxygens (including phenoxy) is 1. The molecule has 0 saturated heterocycles. The molecule has 0 amide bonds. The summed E-state index contributed by atoms with van der Waals surface area (Å²) in [6.07, 6.45) is 8.78. The second-order valence-corrected chi connectivity index (χ2v) is 5.16. The van der Waals surface area contributed by atoms with Crippen molar-refractivity contribution < 1.29 is 14.3 Å². The second kappa shape index (κ2) is 6.08. The predicted molar refractivity (Wildman–Crippen MR) is 82.6 cm³/mol. The molecule has 0 aromatic heterocycles. The Morgan fingerprint density at radius 1 is 0.857 bits per heavy atom. The van der Waals surface area contributed by atoms with Crippen LogP contribution in [0.4, 0.5) is 0 Å². The average Bonchev–Trinajstić information content (AvgIpc) is 2.50. The molecule has 2 aliphatic rings. The lowest BCUT2D eigenvalue weighted by molar-refractivity contribution is -0.115. The van der Waals surface area contributed by atoms with Gasteiger partial charge < -0.3 is 4.74 Å². The van der Waals surface area contributed by atoms with Crippen molar-refractivity contribution in [2.75, 3.05) is 7.11 Å². The largest absolute Gasteiger partial charge is 0.493 e. The van der Waals surface area contributed by atoms with Crippen LogP contribution < -0.4 is 0 Å². The first-order valence-electron chi connectivity index (χ1n) is 7.20. The molecule has 0 N–H and O–H groups in total. The van der Waals surface area contributed by atoms with Gasteiger partial charge in [-0.2, -0.15) is 0 Å². The molecule has 0 spiro atoms. The van der Waals surface area contributed by atoms with Crippen LogP contribution in [0.3, 0.4) is 0 Å². The van der Waals surface area contributed by atoms with E-state index >= 15 is 0 Å². The highest BCUT2D eigenvalue weighted by molar-refractivity contribution is 6.11. The maximum absolute atomic E-state index is 12.1. The van der Waals surface area contributed by atoms with Crippen LogP contribution in [0.25, 0.3) is 0 Å². The Morgan fingerprint density at radius 3 is 1.90 bits per heavy atom. The molecular formula is C18H20O3. The quantitative estimate of drug-likeness (QED) is 0.795. The van der Waals surface area contributed by atoms with Gasteiger partial charge >= 0.3 is 0 Å². The van der Waals surface area contributed by atoms with E-state index in [0.29, 0.717) is 18.6 Å². The first-order valence-corrected chi connectivity index (χ1v) is 7.20. The van der Waals surface area contributed by atoms with Crippen molar-refractivity contribution in [1.82, 2.24) is 0 Å². The third-order valence-electron chi connectivity index (χ3n) is 3.80. The summed E-state index contributed by atoms with van der Waals surface area (Å²) in [5.74, 6) is 0.396. The maximum Gasteiger partial charge on any atom is 0.223 e. The number of rotatable bonds is 3. The molecule has 0 heterocycles. The summed E-state index contributed by atoms with van der Waals surface area (Å²) < 4.78 is 5.19. The van der Waals surface area contributed by atoms with Gasteiger partial charge in [0.25, 0.3) is 0 Å². The minimum atomic E-state index is -0.0587. The zero-order valence-electron chi connectivity index (χ0n) is 12.9. The number of carbonyl (C=O) groups is 2. The van der Waals surface area contributed by atoms with Gasteiger partial charge in [0.15, 0.2) is 11.5 Å². The van der Waals surface area contributed by atoms with Crippen molar-refractivity contribution in [3.8, 4) is 0 Å². The molecule has 0 aliphatic heterocycles. The highest BCUT2D eigenvalue weighted by Gasteiger charge is 2.22. The molecule has 0 radical (unpaired) electrons. The van der Waals surface area contributed by atoms with Crippen LogP contribution in [0, 0.1) is 0 Å². The Hall–Kier alpha value is -2.16. The monoisotopic (exact) mass is 284 g/mol. The molecule has 3 nitrogen and oxygen atoms in total. The van der Waals surface area contributed by atoms with Gasteiger partial charge in [0, 0.05) is 11.1 Å². The van der Waals surface area contributed by atoms with E-state index in [4.69, 9.17) is 4.74 Å². The lowest BCUT2D eigenvalue weighted by Gasteiger charge is -2.18. The Labute approximate surface area is 125 Å². The molecule has 2 rings (SSSR count). The average molecular weight is 284 g/mol. The van der Waals surface area contributed by atoms with E-state index in [1.165, 1.54) is 7.11 Å². The van der Waals surface area contributed by atoms with Crippen LogP contribution >= 0.6 is 0 Å². The van der Waals surface area contributed by atoms with Crippen LogP contribution in [0.5, 0.6) is 0 Å². The molecule has 21 heavy (non-hydrogen) atoms. The van der Waals surface area contributed by atoms with Gasteiger partial charge in [0.1, 0.15) is 0 Å². The van der Waals surface area contributed by atoms with E-state index < -0.39 is 0 Å². The van der Waals surface area contributed by atoms with E-state index in [1.807, 2.05) is 39.0 Å². The van der Waals surface area contributed by atoms with Gasteiger partial charge in [-0.25, -0.2) is 0 Å². The number of ketones is 2. The summed E-state index contributed by atoms with van der Waals surface area (Å²) in [5, 5.41) is 0. The SMILES string of the molecule is CCC1=C/C(=C2/C=C(CC)C(=O)C(OC)=C2)C=C(C)C1=O. The lowest BCUT2D eigenvalue weighted by Crippen LogP contribution is -2.13. The Bertz CT molecular complexity index is 626. The first kappa shape index (κ1) is 15.2. The summed E-state index contributed by atoms with van der Waals surface area (Å²) in [6.45, 7) is 5.74. The highest BCUT2D eigenvalue weighted by atomic mass is 16.5. The van der Waals surface area contributed by atoms with E-state index in [9.17, 15) is 9.59 Å². The number of carbonyl (C=O) groups excluding carboxylic acids is 2. The number of hydrogen-bond donors (Lipinski definition) is 0. The topological polar surface area (TPSA) is 43.4 Å². The van der Waals surface area contributed by atoms with E-state index in [-0.39, 0.29) is 11.6 Å². The minimum Gasteiger partial charge on any atom is -0.493 e. The fraction of sp³-hybridized carbons (Fsp3) is 0.333. The summed E-state index contributed by atoms with van der Waals surface area (Å²) >= 11 is 0. The Kier molecular flexibility index (Phi) is 4.41. The van der Waals surface area contributed by atoms with E-state index in [1.54, 1.807) is 6.08 Å². The maximum atomic E-state index is 12.1. The molecule has 0 unspecified atom stereocenters. The Balaban J connectivity index is 2.59. The summed E-state index contributed by atoms with van der Waals surface area (Å²) in [7, 11) is 1.50. The van der Waals surface area contributed by atoms with Gasteiger partial charge in [0.2, 0.25) is 5.78 Å². The van der Waals surface area contributed by atoms with Crippen LogP contribution in [0.2, 0.25) is 0 Å². The molecule has 0 fully saturated rings. The zero-order valence-corrected chi connectivity index (χ0v) is 12.9. The normalized spacial score (nSPS) is 22.5. The van der Waals surface area contributed by atoms with Gasteiger partial charge in [-0.05, 0) is 60.8 Å². The fourth-order valence-corrected chi connectivity index (χ4v) is 2.52. The number of methoxy groups -OCH3 is 1. The molecule has 0 saturated carbocycles. The zero-order chi connectivity index (χ0) is 15.6. The van der Waals surface area contributed by atoms with Crippen LogP contribution in [-0.2, 0) is 14.3 Å². The van der Waals surface area contributed by atoms with E-state index in [0.717, 1.165) is 27.9 Å². The molecule has 2 aliphatic carbocycles. The number of Topliss-reactive ketones (excluding diaryl/α,β-unsaturated/α-hetero) is 2. The highest BCUT2D eigenvalue weighted by Crippen LogP contribution is 2.29. The van der Waals surface area contributed by atoms with Crippen molar-refractivity contribution in [2.45, 2.75) is 33.6 Å². The smallest absolute Gasteiger partial charge is 0.223 e. The molecule has 110 valence electrons. The van der Waals surface area contributed by atoms with Crippen molar-refractivity contribution >= 4 is 11.6 Å². The summed E-state index contributed by atoms with van der Waals surface area (Å²) in [5.41, 5.74) is 4.13. The molecule has 3 heteroatoms. The minimum absolute atomic E-state index is 0.0587. The van der Waals surface area contributed by atoms with Crippen molar-refractivity contribution in [1.29, 1.82) is 0 Å². The molecule has 0 atom stereocenters. The van der Waals surface area contributed by atoms with Gasteiger partial charge in [-0.15, -0.1) is 0 Å². The standard InChI is InChI=1S/C18H20O3/c1-5-12-8-14(7-11(3)17(12)19)15-9-13(6-2)18(20)16(10-15)21-4/h7-10H,5-6H2,1-4H3/b15-14-. The third-order valence-corrected chi connectivity index (χ3v) is 3.80. The second-order valence-electron chi connectivity index (χ2n) is 5.16. The summed E-state index contributed by atoms with van der Waals surface area (Å²) in [6, 6.07) is 0. The number of allylic oxidation sites excluding steroid dienone is 9. The first-order chi connectivity index (χ1) is 10.0. The molecular weight excluding hydrogens is 264 g/mol. The fourth-order valence-electron chi connectivity index (χ4n) is 2.52. The molecule has 0 bridgehead atoms. The van der Waals surface area contributed by atoms with Crippen LogP contribution in [-0.4, -0.2) is 18.7 Å². The van der Waals surface area contributed by atoms with Crippen molar-refractivity contribution in [2.24, 2.45) is 0 Å². The predicted octanol–water partition coefficient (Wildman–Crippen LogP) is 3.60. The lowest BCUT2D eigenvalue weighted by atomic mass is 9.88. The number of hydrogen-bond acceptors (Lipinski definition) is 3. The van der Waals surface area contributed by atoms with Crippen molar-refractivity contribution in [3.63, 3.8) is 0 Å². The Morgan fingerprint density at radius 2 is 1.38 bits per heavy atom. The van der Waals surface area contributed by atoms with Gasteiger partial charge in [-0.1, -0.05) is 13.8 Å². The van der Waals surface area contributed by atoms with Gasteiger partial charge in [-0.3, -0.25) is 9.59 Å². The van der Waals surface area contributed by atoms with Crippen LogP contribution in [0.1, 0.15) is 33.6 Å². The van der Waals surface area contributed by atoms with Crippen molar-refractivity contribution in [3.05, 3.63) is 57.9 Å². The van der Waals surface area contributed by atoms with Gasteiger partial charge in [0.05, 0.1) is 7.11 Å². The van der Waals surface area contributed by atoms with E-state index in [2.05, 4.69) is 0 Å². The summed E-state index contributed by atoms with van der Waals surface area (Å²) in [4.78, 5) is 24.1. The third kappa shape index (κ3) is 2.82. The molecule has 0 aromatic carbocycles.